The van der Waals surface area contributed by atoms with Gasteiger partial charge in [0.25, 0.3) is 0 Å². The lowest BCUT2D eigenvalue weighted by molar-refractivity contribution is 0.246. The fourth-order valence-electron chi connectivity index (χ4n) is 2.70. The first-order valence-corrected chi connectivity index (χ1v) is 7.48. The third-order valence-electron chi connectivity index (χ3n) is 4.00. The fraction of sp³-hybridized carbons (Fsp3) is 0.333. The van der Waals surface area contributed by atoms with Gasteiger partial charge in [0.15, 0.2) is 0 Å². The minimum atomic E-state index is 0.0216. The highest BCUT2D eigenvalue weighted by Gasteiger charge is 2.24. The number of hydrogen-bond acceptors (Lipinski definition) is 3. The molecule has 1 aliphatic heterocycles. The molecule has 0 aromatic heterocycles. The monoisotopic (exact) mass is 283 g/mol. The summed E-state index contributed by atoms with van der Waals surface area (Å²) in [4.78, 5) is 0. The van der Waals surface area contributed by atoms with Crippen LogP contribution in [0.5, 0.6) is 11.5 Å². The van der Waals surface area contributed by atoms with Crippen molar-refractivity contribution in [1.29, 1.82) is 0 Å². The number of fused-ring (bicyclic) bond motifs is 1. The summed E-state index contributed by atoms with van der Waals surface area (Å²) in [5, 5.41) is 0. The molecule has 0 saturated carbocycles. The van der Waals surface area contributed by atoms with E-state index in [1.165, 1.54) is 5.56 Å². The van der Waals surface area contributed by atoms with Crippen LogP contribution in [0.3, 0.4) is 0 Å². The summed E-state index contributed by atoms with van der Waals surface area (Å²) in [5.41, 5.74) is 8.46. The largest absolute Gasteiger partial charge is 0.493 e. The maximum absolute atomic E-state index is 6.15. The first-order chi connectivity index (χ1) is 10.3. The lowest BCUT2D eigenvalue weighted by Crippen LogP contribution is -2.15. The zero-order valence-corrected chi connectivity index (χ0v) is 12.3. The van der Waals surface area contributed by atoms with Gasteiger partial charge in [-0.1, -0.05) is 43.3 Å². The van der Waals surface area contributed by atoms with Gasteiger partial charge in [-0.2, -0.15) is 0 Å². The molecule has 0 saturated heterocycles. The van der Waals surface area contributed by atoms with E-state index in [1.54, 1.807) is 0 Å². The molecular formula is C18H21NO2. The van der Waals surface area contributed by atoms with Crippen molar-refractivity contribution >= 4 is 0 Å². The number of nitrogens with two attached hydrogens (primary N) is 1. The van der Waals surface area contributed by atoms with E-state index in [4.69, 9.17) is 15.2 Å². The van der Waals surface area contributed by atoms with Crippen LogP contribution >= 0.6 is 0 Å². The van der Waals surface area contributed by atoms with Crippen molar-refractivity contribution in [1.82, 2.24) is 0 Å². The van der Waals surface area contributed by atoms with Gasteiger partial charge < -0.3 is 15.2 Å². The minimum Gasteiger partial charge on any atom is -0.493 e. The molecule has 1 unspecified atom stereocenters. The van der Waals surface area contributed by atoms with Gasteiger partial charge in [-0.05, 0) is 18.6 Å². The molecule has 2 aromatic carbocycles. The normalized spacial score (nSPS) is 17.9. The smallest absolute Gasteiger partial charge is 0.124 e. The Labute approximate surface area is 125 Å². The number of rotatable bonds is 5. The molecule has 3 heteroatoms. The van der Waals surface area contributed by atoms with Crippen molar-refractivity contribution in [2.75, 3.05) is 13.2 Å². The lowest BCUT2D eigenvalue weighted by atomic mass is 10.0. The predicted molar refractivity (Wildman–Crippen MR) is 83.8 cm³/mol. The topological polar surface area (TPSA) is 44.5 Å². The Hall–Kier alpha value is -2.00. The van der Waals surface area contributed by atoms with E-state index in [1.807, 2.05) is 42.5 Å². The van der Waals surface area contributed by atoms with Crippen molar-refractivity contribution in [3.05, 3.63) is 59.7 Å². The average Bonchev–Trinajstić information content (AvgIpc) is 2.96. The predicted octanol–water partition coefficient (Wildman–Crippen LogP) is 3.65. The first kappa shape index (κ1) is 14.0. The van der Waals surface area contributed by atoms with Crippen LogP contribution in [0.25, 0.3) is 0 Å². The third-order valence-corrected chi connectivity index (χ3v) is 4.00. The molecule has 2 aromatic rings. The molecule has 1 aliphatic rings. The SMILES string of the molecule is CC[C@@H](N)c1ccccc1OCC1COc2ccccc21. The zero-order valence-electron chi connectivity index (χ0n) is 12.3. The number of benzene rings is 2. The van der Waals surface area contributed by atoms with Gasteiger partial charge in [-0.25, -0.2) is 0 Å². The molecule has 0 bridgehead atoms. The molecule has 2 N–H and O–H groups in total. The zero-order chi connectivity index (χ0) is 14.7. The molecule has 0 amide bonds. The maximum Gasteiger partial charge on any atom is 0.124 e. The molecule has 0 aliphatic carbocycles. The van der Waals surface area contributed by atoms with Gasteiger partial charge in [0.1, 0.15) is 11.5 Å². The molecule has 0 radical (unpaired) electrons. The number of para-hydroxylation sites is 2. The van der Waals surface area contributed by atoms with Crippen molar-refractivity contribution in [2.24, 2.45) is 5.73 Å². The fourth-order valence-corrected chi connectivity index (χ4v) is 2.70. The van der Waals surface area contributed by atoms with Crippen molar-refractivity contribution < 1.29 is 9.47 Å². The molecule has 3 rings (SSSR count). The van der Waals surface area contributed by atoms with Crippen LogP contribution in [0.15, 0.2) is 48.5 Å². The van der Waals surface area contributed by atoms with E-state index < -0.39 is 0 Å². The van der Waals surface area contributed by atoms with Crippen LogP contribution in [0, 0.1) is 0 Å². The first-order valence-electron chi connectivity index (χ1n) is 7.48. The van der Waals surface area contributed by atoms with Crippen LogP contribution in [-0.4, -0.2) is 13.2 Å². The second-order valence-corrected chi connectivity index (χ2v) is 5.41. The van der Waals surface area contributed by atoms with Crippen LogP contribution in [0.2, 0.25) is 0 Å². The Balaban J connectivity index is 1.72. The summed E-state index contributed by atoms with van der Waals surface area (Å²) in [6.45, 7) is 3.38. The Bertz CT molecular complexity index is 612. The Kier molecular flexibility index (Phi) is 4.11. The van der Waals surface area contributed by atoms with Gasteiger partial charge in [0, 0.05) is 17.2 Å². The molecule has 21 heavy (non-hydrogen) atoms. The van der Waals surface area contributed by atoms with Gasteiger partial charge in [-0.3, -0.25) is 0 Å². The van der Waals surface area contributed by atoms with Crippen molar-refractivity contribution in [2.45, 2.75) is 25.3 Å². The summed E-state index contributed by atoms with van der Waals surface area (Å²) in [6, 6.07) is 16.2. The summed E-state index contributed by atoms with van der Waals surface area (Å²) < 4.78 is 11.7. The molecule has 0 spiro atoms. The lowest BCUT2D eigenvalue weighted by Gasteiger charge is -2.17. The molecule has 1 heterocycles. The standard InChI is InChI=1S/C18H21NO2/c1-2-16(19)15-8-4-6-10-18(15)21-12-13-11-20-17-9-5-3-7-14(13)17/h3-10,13,16H,2,11-12,19H2,1H3/t13?,16-/m1/s1. The molecular weight excluding hydrogens is 262 g/mol. The quantitative estimate of drug-likeness (QED) is 0.911. The second-order valence-electron chi connectivity index (χ2n) is 5.41. The summed E-state index contributed by atoms with van der Waals surface area (Å²) >= 11 is 0. The van der Waals surface area contributed by atoms with Gasteiger partial charge in [0.2, 0.25) is 0 Å². The van der Waals surface area contributed by atoms with Gasteiger partial charge >= 0.3 is 0 Å². The number of hydrogen-bond donors (Lipinski definition) is 1. The molecule has 0 fully saturated rings. The minimum absolute atomic E-state index is 0.0216. The van der Waals surface area contributed by atoms with E-state index in [0.717, 1.165) is 23.5 Å². The van der Waals surface area contributed by atoms with E-state index in [9.17, 15) is 0 Å². The number of ether oxygens (including phenoxy) is 2. The van der Waals surface area contributed by atoms with E-state index >= 15 is 0 Å². The Morgan fingerprint density at radius 1 is 1.19 bits per heavy atom. The average molecular weight is 283 g/mol. The second kappa shape index (κ2) is 6.19. The van der Waals surface area contributed by atoms with Crippen LogP contribution in [0.1, 0.15) is 36.4 Å². The van der Waals surface area contributed by atoms with E-state index in [2.05, 4.69) is 13.0 Å². The highest BCUT2D eigenvalue weighted by molar-refractivity contribution is 5.40. The highest BCUT2D eigenvalue weighted by atomic mass is 16.5. The third kappa shape index (κ3) is 2.88. The van der Waals surface area contributed by atoms with E-state index in [-0.39, 0.29) is 12.0 Å². The molecule has 3 nitrogen and oxygen atoms in total. The van der Waals surface area contributed by atoms with Crippen LogP contribution in [0.4, 0.5) is 0 Å². The highest BCUT2D eigenvalue weighted by Crippen LogP contribution is 2.34. The molecule has 110 valence electrons. The van der Waals surface area contributed by atoms with E-state index in [0.29, 0.717) is 13.2 Å². The van der Waals surface area contributed by atoms with Crippen molar-refractivity contribution in [3.8, 4) is 11.5 Å². The Morgan fingerprint density at radius 3 is 2.81 bits per heavy atom. The van der Waals surface area contributed by atoms with Crippen molar-refractivity contribution in [3.63, 3.8) is 0 Å². The maximum atomic E-state index is 6.15. The summed E-state index contributed by atoms with van der Waals surface area (Å²) in [7, 11) is 0. The van der Waals surface area contributed by atoms with Gasteiger partial charge in [0.05, 0.1) is 19.1 Å². The Morgan fingerprint density at radius 2 is 1.95 bits per heavy atom. The molecule has 2 atom stereocenters. The van der Waals surface area contributed by atoms with Crippen LogP contribution < -0.4 is 15.2 Å². The van der Waals surface area contributed by atoms with Crippen LogP contribution in [-0.2, 0) is 0 Å². The summed E-state index contributed by atoms with van der Waals surface area (Å²) in [6.07, 6.45) is 0.899. The summed E-state index contributed by atoms with van der Waals surface area (Å²) in [5.74, 6) is 2.15. The van der Waals surface area contributed by atoms with Gasteiger partial charge in [-0.15, -0.1) is 0 Å².